The van der Waals surface area contributed by atoms with E-state index in [1.807, 2.05) is 20.8 Å². The molecule has 0 heterocycles. The second-order valence-corrected chi connectivity index (χ2v) is 6.01. The van der Waals surface area contributed by atoms with E-state index in [9.17, 15) is 9.59 Å². The Morgan fingerprint density at radius 1 is 1.35 bits per heavy atom. The molecule has 0 saturated heterocycles. The minimum atomic E-state index is -0.936. The summed E-state index contributed by atoms with van der Waals surface area (Å²) >= 11 is 0. The van der Waals surface area contributed by atoms with E-state index in [0.29, 0.717) is 16.8 Å². The standard InChI is InChI=1S/C15H22N2O3/c1-9-10(6-5-7-11(9)16)14(20)17-12(8-13(18)19)15(2,3)4/h5-7,12H,8,16H2,1-4H3,(H,17,20)(H,18,19). The lowest BCUT2D eigenvalue weighted by molar-refractivity contribution is -0.138. The lowest BCUT2D eigenvalue weighted by Gasteiger charge is -2.30. The third-order valence-corrected chi connectivity index (χ3v) is 3.35. The third kappa shape index (κ3) is 3.98. The fourth-order valence-corrected chi connectivity index (χ4v) is 1.88. The fourth-order valence-electron chi connectivity index (χ4n) is 1.88. The van der Waals surface area contributed by atoms with Crippen LogP contribution in [0.4, 0.5) is 5.69 Å². The van der Waals surface area contributed by atoms with E-state index < -0.39 is 12.0 Å². The molecule has 0 saturated carbocycles. The molecule has 0 fully saturated rings. The second kappa shape index (κ2) is 5.94. The average Bonchev–Trinajstić information content (AvgIpc) is 2.30. The van der Waals surface area contributed by atoms with Gasteiger partial charge in [-0.25, -0.2) is 0 Å². The molecular formula is C15H22N2O3. The highest BCUT2D eigenvalue weighted by Gasteiger charge is 2.29. The molecule has 0 aliphatic carbocycles. The molecule has 5 nitrogen and oxygen atoms in total. The quantitative estimate of drug-likeness (QED) is 0.736. The monoisotopic (exact) mass is 278 g/mol. The van der Waals surface area contributed by atoms with Crippen molar-refractivity contribution < 1.29 is 14.7 Å². The summed E-state index contributed by atoms with van der Waals surface area (Å²) in [6.45, 7) is 7.46. The summed E-state index contributed by atoms with van der Waals surface area (Å²) in [6.07, 6.45) is -0.114. The molecular weight excluding hydrogens is 256 g/mol. The molecule has 1 aromatic rings. The number of nitrogens with two attached hydrogens (primary N) is 1. The van der Waals surface area contributed by atoms with Crippen LogP contribution in [0.2, 0.25) is 0 Å². The first kappa shape index (κ1) is 16.0. The van der Waals surface area contributed by atoms with E-state index in [1.165, 1.54) is 0 Å². The van der Waals surface area contributed by atoms with Crippen molar-refractivity contribution >= 4 is 17.6 Å². The van der Waals surface area contributed by atoms with Crippen LogP contribution in [0.5, 0.6) is 0 Å². The van der Waals surface area contributed by atoms with Crippen molar-refractivity contribution in [3.63, 3.8) is 0 Å². The number of anilines is 1. The van der Waals surface area contributed by atoms with Crippen molar-refractivity contribution in [2.24, 2.45) is 5.41 Å². The van der Waals surface area contributed by atoms with Crippen LogP contribution in [0.25, 0.3) is 0 Å². The summed E-state index contributed by atoms with van der Waals surface area (Å²) in [5, 5.41) is 11.8. The van der Waals surface area contributed by atoms with Crippen LogP contribution in [-0.4, -0.2) is 23.0 Å². The van der Waals surface area contributed by atoms with Crippen molar-refractivity contribution in [3.05, 3.63) is 29.3 Å². The summed E-state index contributed by atoms with van der Waals surface area (Å²) in [5.74, 6) is -1.23. The molecule has 4 N–H and O–H groups in total. The predicted octanol–water partition coefficient (Wildman–Crippen LogP) is 2.20. The van der Waals surface area contributed by atoms with Crippen molar-refractivity contribution in [2.45, 2.75) is 40.2 Å². The first-order valence-corrected chi connectivity index (χ1v) is 6.50. The number of carboxylic acids is 1. The van der Waals surface area contributed by atoms with Gasteiger partial charge >= 0.3 is 5.97 Å². The molecule has 110 valence electrons. The number of hydrogen-bond acceptors (Lipinski definition) is 3. The van der Waals surface area contributed by atoms with Crippen LogP contribution in [0.15, 0.2) is 18.2 Å². The first-order valence-electron chi connectivity index (χ1n) is 6.50. The molecule has 1 atom stereocenters. The summed E-state index contributed by atoms with van der Waals surface area (Å²) in [6, 6.07) is 4.67. The van der Waals surface area contributed by atoms with Crippen LogP contribution < -0.4 is 11.1 Å². The molecule has 1 unspecified atom stereocenters. The maximum atomic E-state index is 12.3. The van der Waals surface area contributed by atoms with Gasteiger partial charge in [-0.1, -0.05) is 26.8 Å². The Morgan fingerprint density at radius 2 is 1.95 bits per heavy atom. The number of benzene rings is 1. The van der Waals surface area contributed by atoms with Crippen LogP contribution in [0.3, 0.4) is 0 Å². The van der Waals surface area contributed by atoms with Crippen LogP contribution in [0.1, 0.15) is 43.1 Å². The number of hydrogen-bond donors (Lipinski definition) is 3. The number of nitrogen functional groups attached to an aromatic ring is 1. The number of carbonyl (C=O) groups excluding carboxylic acids is 1. The van der Waals surface area contributed by atoms with E-state index in [4.69, 9.17) is 10.8 Å². The maximum absolute atomic E-state index is 12.3. The Hall–Kier alpha value is -2.04. The summed E-state index contributed by atoms with van der Waals surface area (Å²) in [7, 11) is 0. The zero-order valence-electron chi connectivity index (χ0n) is 12.4. The summed E-state index contributed by atoms with van der Waals surface area (Å²) in [4.78, 5) is 23.2. The van der Waals surface area contributed by atoms with E-state index in [1.54, 1.807) is 25.1 Å². The van der Waals surface area contributed by atoms with Gasteiger partial charge in [-0.05, 0) is 30.0 Å². The van der Waals surface area contributed by atoms with E-state index in [-0.39, 0.29) is 17.7 Å². The molecule has 0 aromatic heterocycles. The van der Waals surface area contributed by atoms with Gasteiger partial charge in [0.25, 0.3) is 5.91 Å². The molecule has 1 aromatic carbocycles. The van der Waals surface area contributed by atoms with Crippen molar-refractivity contribution in [3.8, 4) is 0 Å². The van der Waals surface area contributed by atoms with Gasteiger partial charge in [-0.15, -0.1) is 0 Å². The lowest BCUT2D eigenvalue weighted by Crippen LogP contribution is -2.45. The van der Waals surface area contributed by atoms with Crippen molar-refractivity contribution in [1.82, 2.24) is 5.32 Å². The molecule has 0 aliphatic rings. The van der Waals surface area contributed by atoms with Gasteiger partial charge in [0.2, 0.25) is 0 Å². The summed E-state index contributed by atoms with van der Waals surface area (Å²) in [5.41, 5.74) is 7.16. The molecule has 0 aliphatic heterocycles. The summed E-state index contributed by atoms with van der Waals surface area (Å²) < 4.78 is 0. The number of carboxylic acid groups (broad SMARTS) is 1. The maximum Gasteiger partial charge on any atom is 0.305 e. The van der Waals surface area contributed by atoms with Crippen LogP contribution in [-0.2, 0) is 4.79 Å². The Bertz CT molecular complexity index is 518. The number of rotatable bonds is 4. The number of amides is 1. The van der Waals surface area contributed by atoms with Crippen molar-refractivity contribution in [2.75, 3.05) is 5.73 Å². The molecule has 0 spiro atoms. The van der Waals surface area contributed by atoms with Crippen LogP contribution in [0, 0.1) is 12.3 Å². The Labute approximate surface area is 119 Å². The number of carbonyl (C=O) groups is 2. The van der Waals surface area contributed by atoms with Crippen molar-refractivity contribution in [1.29, 1.82) is 0 Å². The van der Waals surface area contributed by atoms with Gasteiger partial charge < -0.3 is 16.2 Å². The zero-order valence-corrected chi connectivity index (χ0v) is 12.4. The predicted molar refractivity (Wildman–Crippen MR) is 78.6 cm³/mol. The van der Waals surface area contributed by atoms with Gasteiger partial charge in [0.15, 0.2) is 0 Å². The smallest absolute Gasteiger partial charge is 0.305 e. The molecule has 0 radical (unpaired) electrons. The second-order valence-electron chi connectivity index (χ2n) is 6.01. The Balaban J connectivity index is 2.96. The topological polar surface area (TPSA) is 92.4 Å². The minimum absolute atomic E-state index is 0.114. The molecule has 0 bridgehead atoms. The van der Waals surface area contributed by atoms with E-state index >= 15 is 0 Å². The minimum Gasteiger partial charge on any atom is -0.481 e. The largest absolute Gasteiger partial charge is 0.481 e. The van der Waals surface area contributed by atoms with E-state index in [2.05, 4.69) is 5.32 Å². The SMILES string of the molecule is Cc1c(N)cccc1C(=O)NC(CC(=O)O)C(C)(C)C. The Kier molecular flexibility index (Phi) is 4.76. The van der Waals surface area contributed by atoms with Gasteiger partial charge in [0, 0.05) is 17.3 Å². The lowest BCUT2D eigenvalue weighted by atomic mass is 9.84. The fraction of sp³-hybridized carbons (Fsp3) is 0.467. The molecule has 1 rings (SSSR count). The highest BCUT2D eigenvalue weighted by Crippen LogP contribution is 2.23. The van der Waals surface area contributed by atoms with Crippen LogP contribution >= 0.6 is 0 Å². The molecule has 1 amide bonds. The number of nitrogens with one attached hydrogen (secondary N) is 1. The average molecular weight is 278 g/mol. The van der Waals surface area contributed by atoms with Gasteiger partial charge in [-0.3, -0.25) is 9.59 Å². The van der Waals surface area contributed by atoms with Gasteiger partial charge in [0.1, 0.15) is 0 Å². The highest BCUT2D eigenvalue weighted by molar-refractivity contribution is 5.97. The highest BCUT2D eigenvalue weighted by atomic mass is 16.4. The Morgan fingerprint density at radius 3 is 2.45 bits per heavy atom. The first-order chi connectivity index (χ1) is 9.12. The van der Waals surface area contributed by atoms with Gasteiger partial charge in [-0.2, -0.15) is 0 Å². The molecule has 20 heavy (non-hydrogen) atoms. The zero-order chi connectivity index (χ0) is 15.5. The third-order valence-electron chi connectivity index (χ3n) is 3.35. The van der Waals surface area contributed by atoms with Gasteiger partial charge in [0.05, 0.1) is 6.42 Å². The molecule has 5 heteroatoms. The normalized spacial score (nSPS) is 12.8. The van der Waals surface area contributed by atoms with E-state index in [0.717, 1.165) is 0 Å². The number of aliphatic carboxylic acids is 1.